The van der Waals surface area contributed by atoms with Crippen LogP contribution in [0.1, 0.15) is 103 Å². The molecular formula is C29H46O6S. The number of hydrogen-bond donors (Lipinski definition) is 0. The zero-order chi connectivity index (χ0) is 26.4. The molecule has 0 aliphatic carbocycles. The predicted molar refractivity (Wildman–Crippen MR) is 142 cm³/mol. The lowest BCUT2D eigenvalue weighted by Crippen LogP contribution is -2.26. The van der Waals surface area contributed by atoms with Gasteiger partial charge in [0.05, 0.1) is 18.1 Å². The van der Waals surface area contributed by atoms with Gasteiger partial charge in [0.2, 0.25) is 0 Å². The first-order chi connectivity index (χ1) is 17.3. The summed E-state index contributed by atoms with van der Waals surface area (Å²) in [7, 11) is -3.80. The molecule has 0 radical (unpaired) electrons. The van der Waals surface area contributed by atoms with Crippen molar-refractivity contribution in [3.05, 3.63) is 29.8 Å². The van der Waals surface area contributed by atoms with Gasteiger partial charge in [-0.05, 0) is 56.6 Å². The lowest BCUT2D eigenvalue weighted by molar-refractivity contribution is -0.151. The Balaban J connectivity index is 1.91. The maximum atomic E-state index is 13.1. The molecule has 0 spiro atoms. The zero-order valence-electron chi connectivity index (χ0n) is 22.5. The summed E-state index contributed by atoms with van der Waals surface area (Å²) >= 11 is 0. The number of carbonyl (C=O) groups excluding carboxylic acids is 2. The summed E-state index contributed by atoms with van der Waals surface area (Å²) < 4.78 is 35.7. The van der Waals surface area contributed by atoms with Gasteiger partial charge in [-0.2, -0.15) is 8.42 Å². The van der Waals surface area contributed by atoms with Crippen molar-refractivity contribution in [2.24, 2.45) is 17.8 Å². The molecule has 1 fully saturated rings. The van der Waals surface area contributed by atoms with E-state index in [1.165, 1.54) is 6.42 Å². The second kappa shape index (κ2) is 16.2. The van der Waals surface area contributed by atoms with Crippen LogP contribution >= 0.6 is 0 Å². The molecule has 6 nitrogen and oxygen atoms in total. The summed E-state index contributed by atoms with van der Waals surface area (Å²) in [6, 6.07) is 6.62. The molecule has 0 amide bonds. The number of esters is 1. The SMILES string of the molecule is CCCCCC(CCOS(=O)(=O)c1ccc(C)cc1)CCC(=O)C1CC(CCCCC)CCOC1=O. The maximum absolute atomic E-state index is 13.1. The molecule has 1 saturated heterocycles. The Labute approximate surface area is 218 Å². The number of cyclic esters (lactones) is 1. The van der Waals surface area contributed by atoms with Crippen LogP contribution < -0.4 is 0 Å². The third kappa shape index (κ3) is 10.7. The van der Waals surface area contributed by atoms with Crippen molar-refractivity contribution in [2.45, 2.75) is 109 Å². The Morgan fingerprint density at radius 1 is 1.03 bits per heavy atom. The minimum Gasteiger partial charge on any atom is -0.465 e. The smallest absolute Gasteiger partial charge is 0.316 e. The molecule has 36 heavy (non-hydrogen) atoms. The van der Waals surface area contributed by atoms with Crippen molar-refractivity contribution < 1.29 is 26.9 Å². The Kier molecular flexibility index (Phi) is 13.7. The van der Waals surface area contributed by atoms with E-state index in [9.17, 15) is 18.0 Å². The second-order valence-electron chi connectivity index (χ2n) is 10.4. The number of benzene rings is 1. The van der Waals surface area contributed by atoms with E-state index in [0.717, 1.165) is 56.9 Å². The van der Waals surface area contributed by atoms with Gasteiger partial charge in [0, 0.05) is 6.42 Å². The van der Waals surface area contributed by atoms with Crippen LogP contribution in [0.15, 0.2) is 29.2 Å². The fourth-order valence-electron chi connectivity index (χ4n) is 4.92. The Hall–Kier alpha value is -1.73. The highest BCUT2D eigenvalue weighted by molar-refractivity contribution is 7.86. The van der Waals surface area contributed by atoms with Gasteiger partial charge in [-0.1, -0.05) is 82.9 Å². The van der Waals surface area contributed by atoms with Gasteiger partial charge >= 0.3 is 5.97 Å². The molecule has 3 unspecified atom stereocenters. The molecule has 3 atom stereocenters. The van der Waals surface area contributed by atoms with Crippen LogP contribution in [0.5, 0.6) is 0 Å². The summed E-state index contributed by atoms with van der Waals surface area (Å²) in [5.41, 5.74) is 0.986. The van der Waals surface area contributed by atoms with Crippen molar-refractivity contribution in [3.8, 4) is 0 Å². The summed E-state index contributed by atoms with van der Waals surface area (Å²) in [5.74, 6) is -0.522. The van der Waals surface area contributed by atoms with Crippen molar-refractivity contribution in [1.29, 1.82) is 0 Å². The Bertz CT molecular complexity index is 893. The molecular weight excluding hydrogens is 476 g/mol. The monoisotopic (exact) mass is 522 g/mol. The minimum absolute atomic E-state index is 0.0314. The zero-order valence-corrected chi connectivity index (χ0v) is 23.3. The minimum atomic E-state index is -3.80. The molecule has 1 aromatic carbocycles. The van der Waals surface area contributed by atoms with E-state index in [0.29, 0.717) is 38.2 Å². The van der Waals surface area contributed by atoms with Gasteiger partial charge in [0.1, 0.15) is 11.7 Å². The van der Waals surface area contributed by atoms with Crippen molar-refractivity contribution in [3.63, 3.8) is 0 Å². The fraction of sp³-hybridized carbons (Fsp3) is 0.724. The average molecular weight is 523 g/mol. The van der Waals surface area contributed by atoms with Crippen molar-refractivity contribution in [2.75, 3.05) is 13.2 Å². The molecule has 1 aromatic rings. The van der Waals surface area contributed by atoms with Crippen LogP contribution in [-0.2, 0) is 28.6 Å². The van der Waals surface area contributed by atoms with E-state index in [2.05, 4.69) is 13.8 Å². The number of aryl methyl sites for hydroxylation is 1. The van der Waals surface area contributed by atoms with E-state index in [1.54, 1.807) is 24.3 Å². The van der Waals surface area contributed by atoms with Crippen LogP contribution in [-0.4, -0.2) is 33.4 Å². The van der Waals surface area contributed by atoms with E-state index in [4.69, 9.17) is 8.92 Å². The van der Waals surface area contributed by atoms with Gasteiger partial charge in [-0.3, -0.25) is 13.8 Å². The molecule has 204 valence electrons. The highest BCUT2D eigenvalue weighted by Gasteiger charge is 2.33. The largest absolute Gasteiger partial charge is 0.465 e. The summed E-state index contributed by atoms with van der Waals surface area (Å²) in [6.07, 6.45) is 11.6. The summed E-state index contributed by atoms with van der Waals surface area (Å²) in [6.45, 7) is 6.72. The van der Waals surface area contributed by atoms with Crippen LogP contribution in [0, 0.1) is 24.7 Å². The molecule has 2 rings (SSSR count). The first-order valence-corrected chi connectivity index (χ1v) is 15.3. The predicted octanol–water partition coefficient (Wildman–Crippen LogP) is 6.79. The Morgan fingerprint density at radius 2 is 1.72 bits per heavy atom. The molecule has 0 aromatic heterocycles. The number of carbonyl (C=O) groups is 2. The number of hydrogen-bond acceptors (Lipinski definition) is 6. The number of rotatable bonds is 17. The molecule has 0 bridgehead atoms. The summed E-state index contributed by atoms with van der Waals surface area (Å²) in [5, 5.41) is 0. The third-order valence-corrected chi connectivity index (χ3v) is 8.64. The van der Waals surface area contributed by atoms with Gasteiger partial charge < -0.3 is 4.74 Å². The number of unbranched alkanes of at least 4 members (excludes halogenated alkanes) is 4. The third-order valence-electron chi connectivity index (χ3n) is 7.32. The van der Waals surface area contributed by atoms with E-state index in [1.807, 2.05) is 6.92 Å². The second-order valence-corrected chi connectivity index (χ2v) is 12.0. The highest BCUT2D eigenvalue weighted by Crippen LogP contribution is 2.29. The summed E-state index contributed by atoms with van der Waals surface area (Å²) in [4.78, 5) is 25.7. The van der Waals surface area contributed by atoms with Crippen LogP contribution in [0.3, 0.4) is 0 Å². The average Bonchev–Trinajstić information content (AvgIpc) is 3.03. The molecule has 1 aliphatic heterocycles. The molecule has 1 heterocycles. The topological polar surface area (TPSA) is 86.7 Å². The standard InChI is InChI=1S/C29H46O6S/c1-4-6-8-10-24(19-21-35-36(32,33)26-15-12-23(3)13-16-26)14-17-28(30)27-22-25(11-9-7-5-2)18-20-34-29(27)31/h12-13,15-16,24-25,27H,4-11,14,17-22H2,1-3H3. The van der Waals surface area contributed by atoms with Crippen molar-refractivity contribution in [1.82, 2.24) is 0 Å². The van der Waals surface area contributed by atoms with Gasteiger partial charge in [0.25, 0.3) is 10.1 Å². The number of Topliss-reactive ketones (excluding diaryl/α,β-unsaturated/α-hetero) is 1. The normalized spacial score (nSPS) is 19.5. The Morgan fingerprint density at radius 3 is 2.42 bits per heavy atom. The maximum Gasteiger partial charge on any atom is 0.316 e. The van der Waals surface area contributed by atoms with Crippen LogP contribution in [0.2, 0.25) is 0 Å². The first kappa shape index (κ1) is 30.5. The van der Waals surface area contributed by atoms with E-state index in [-0.39, 0.29) is 29.2 Å². The lowest BCUT2D eigenvalue weighted by atomic mass is 9.84. The van der Waals surface area contributed by atoms with Gasteiger partial charge in [-0.25, -0.2) is 0 Å². The molecule has 0 saturated carbocycles. The number of ketones is 1. The van der Waals surface area contributed by atoms with Crippen LogP contribution in [0.25, 0.3) is 0 Å². The van der Waals surface area contributed by atoms with E-state index >= 15 is 0 Å². The molecule has 7 heteroatoms. The van der Waals surface area contributed by atoms with Crippen LogP contribution in [0.4, 0.5) is 0 Å². The fourth-order valence-corrected chi connectivity index (χ4v) is 5.84. The first-order valence-electron chi connectivity index (χ1n) is 13.9. The van der Waals surface area contributed by atoms with E-state index < -0.39 is 16.0 Å². The van der Waals surface area contributed by atoms with Crippen molar-refractivity contribution >= 4 is 21.9 Å². The highest BCUT2D eigenvalue weighted by atomic mass is 32.2. The van der Waals surface area contributed by atoms with Gasteiger partial charge in [-0.15, -0.1) is 0 Å². The number of ether oxygens (including phenoxy) is 1. The van der Waals surface area contributed by atoms with Gasteiger partial charge in [0.15, 0.2) is 0 Å². The molecule has 0 N–H and O–H groups in total. The quantitative estimate of drug-likeness (QED) is 0.0969. The molecule has 1 aliphatic rings. The lowest BCUT2D eigenvalue weighted by Gasteiger charge is -2.19.